The summed E-state index contributed by atoms with van der Waals surface area (Å²) in [6.45, 7) is 0. The van der Waals surface area contributed by atoms with E-state index in [2.05, 4.69) is 4.98 Å². The molecule has 1 rings (SSSR count). The second-order valence-corrected chi connectivity index (χ2v) is 3.78. The smallest absolute Gasteiger partial charge is 0.243 e. The van der Waals surface area contributed by atoms with E-state index in [4.69, 9.17) is 5.14 Å². The van der Waals surface area contributed by atoms with E-state index in [1.807, 2.05) is 0 Å². The molecule has 13 heavy (non-hydrogen) atoms. The second-order valence-electron chi connectivity index (χ2n) is 2.27. The fourth-order valence-corrected chi connectivity index (χ4v) is 1.22. The van der Waals surface area contributed by atoms with Crippen LogP contribution >= 0.6 is 0 Å². The number of pyridine rings is 1. The van der Waals surface area contributed by atoms with Crippen molar-refractivity contribution in [3.05, 3.63) is 23.9 Å². The zero-order chi connectivity index (χ0) is 10.1. The van der Waals surface area contributed by atoms with Gasteiger partial charge >= 0.3 is 0 Å². The summed E-state index contributed by atoms with van der Waals surface area (Å²) in [5.41, 5.74) is -0.418. The number of nitrogens with zero attached hydrogens (tertiary/aromatic N) is 1. The van der Waals surface area contributed by atoms with Gasteiger partial charge in [-0.1, -0.05) is 0 Å². The summed E-state index contributed by atoms with van der Waals surface area (Å²) >= 11 is 0. The topological polar surface area (TPSA) is 73.1 Å². The molecule has 0 aliphatic heterocycles. The molecule has 0 saturated carbocycles. The molecule has 0 atom stereocenters. The molecule has 0 saturated heterocycles. The van der Waals surface area contributed by atoms with E-state index in [-0.39, 0.29) is 0 Å². The van der Waals surface area contributed by atoms with Gasteiger partial charge in [0, 0.05) is 11.8 Å². The molecule has 2 N–H and O–H groups in total. The van der Waals surface area contributed by atoms with Gasteiger partial charge in [0.1, 0.15) is 0 Å². The average molecular weight is 208 g/mol. The number of nitrogens with two attached hydrogens (primary N) is 1. The second kappa shape index (κ2) is 3.35. The van der Waals surface area contributed by atoms with Gasteiger partial charge in [0.15, 0.2) is 5.03 Å². The summed E-state index contributed by atoms with van der Waals surface area (Å²) in [6, 6.07) is 1.78. The third-order valence-electron chi connectivity index (χ3n) is 1.30. The van der Waals surface area contributed by atoms with Crippen molar-refractivity contribution in [1.29, 1.82) is 0 Å². The normalized spacial score (nSPS) is 12.0. The number of halogens is 2. The maximum Gasteiger partial charge on any atom is 0.264 e. The Kier molecular flexibility index (Phi) is 2.58. The molecule has 0 bridgehead atoms. The van der Waals surface area contributed by atoms with E-state index >= 15 is 0 Å². The summed E-state index contributed by atoms with van der Waals surface area (Å²) in [5.74, 6) is 0. The van der Waals surface area contributed by atoms with Gasteiger partial charge in [-0.25, -0.2) is 27.3 Å². The van der Waals surface area contributed by atoms with Gasteiger partial charge < -0.3 is 0 Å². The minimum Gasteiger partial charge on any atom is -0.243 e. The molecule has 0 spiro atoms. The minimum atomic E-state index is -4.00. The quantitative estimate of drug-likeness (QED) is 0.776. The monoisotopic (exact) mass is 208 g/mol. The molecular weight excluding hydrogens is 202 g/mol. The summed E-state index contributed by atoms with van der Waals surface area (Å²) in [5, 5.41) is 4.14. The zero-order valence-corrected chi connectivity index (χ0v) is 7.13. The fourth-order valence-electron chi connectivity index (χ4n) is 0.716. The standard InChI is InChI=1S/C6H6F2N2O2S/c7-6(8)4-1-2-10-5(3-4)13(9,11)12/h1-3,6H,(H2,9,11,12). The molecule has 0 aliphatic rings. The molecular formula is C6H6F2N2O2S. The SMILES string of the molecule is NS(=O)(=O)c1cc(C(F)F)ccn1. The van der Waals surface area contributed by atoms with Crippen LogP contribution < -0.4 is 5.14 Å². The molecule has 0 amide bonds. The average Bonchev–Trinajstić information content (AvgIpc) is 2.03. The molecule has 72 valence electrons. The van der Waals surface area contributed by atoms with Crippen LogP contribution in [0.15, 0.2) is 23.4 Å². The molecule has 4 nitrogen and oxygen atoms in total. The van der Waals surface area contributed by atoms with Crippen LogP contribution in [0.3, 0.4) is 0 Å². The van der Waals surface area contributed by atoms with Crippen molar-refractivity contribution in [3.63, 3.8) is 0 Å². The van der Waals surface area contributed by atoms with Crippen LogP contribution in [0.2, 0.25) is 0 Å². The summed E-state index contributed by atoms with van der Waals surface area (Å²) in [4.78, 5) is 3.35. The van der Waals surface area contributed by atoms with Crippen LogP contribution in [0, 0.1) is 0 Å². The Morgan fingerprint density at radius 3 is 2.54 bits per heavy atom. The van der Waals surface area contributed by atoms with Crippen molar-refractivity contribution in [2.75, 3.05) is 0 Å². The van der Waals surface area contributed by atoms with Gasteiger partial charge in [-0.2, -0.15) is 0 Å². The Labute approximate surface area is 73.4 Å². The van der Waals surface area contributed by atoms with Crippen LogP contribution in [0.1, 0.15) is 12.0 Å². The summed E-state index contributed by atoms with van der Waals surface area (Å²) < 4.78 is 45.5. The van der Waals surface area contributed by atoms with Crippen LogP contribution in [-0.4, -0.2) is 13.4 Å². The maximum absolute atomic E-state index is 12.1. The molecule has 0 aromatic carbocycles. The first-order valence-electron chi connectivity index (χ1n) is 3.18. The van der Waals surface area contributed by atoms with Gasteiger partial charge in [0.05, 0.1) is 0 Å². The number of hydrogen-bond acceptors (Lipinski definition) is 3. The molecule has 0 aliphatic carbocycles. The lowest BCUT2D eigenvalue weighted by atomic mass is 10.3. The molecule has 0 radical (unpaired) electrons. The van der Waals surface area contributed by atoms with Crippen molar-refractivity contribution < 1.29 is 17.2 Å². The summed E-state index contributed by atoms with van der Waals surface area (Å²) in [7, 11) is -4.00. The predicted octanol–water partition coefficient (Wildman–Crippen LogP) is 0.667. The molecule has 1 heterocycles. The van der Waals surface area contributed by atoms with Crippen LogP contribution in [0.4, 0.5) is 8.78 Å². The number of rotatable bonds is 2. The van der Waals surface area contributed by atoms with Crippen LogP contribution in [0.5, 0.6) is 0 Å². The molecule has 0 fully saturated rings. The van der Waals surface area contributed by atoms with E-state index in [1.165, 1.54) is 0 Å². The number of primary sulfonamides is 1. The third-order valence-corrected chi connectivity index (χ3v) is 2.11. The van der Waals surface area contributed by atoms with Crippen LogP contribution in [-0.2, 0) is 10.0 Å². The van der Waals surface area contributed by atoms with E-state index in [9.17, 15) is 17.2 Å². The zero-order valence-electron chi connectivity index (χ0n) is 6.31. The lowest BCUT2D eigenvalue weighted by Crippen LogP contribution is -2.14. The number of alkyl halides is 2. The van der Waals surface area contributed by atoms with Crippen molar-refractivity contribution >= 4 is 10.0 Å². The third kappa shape index (κ3) is 2.43. The first-order chi connectivity index (χ1) is 5.91. The fraction of sp³-hybridized carbons (Fsp3) is 0.167. The van der Waals surface area contributed by atoms with Crippen molar-refractivity contribution in [2.24, 2.45) is 5.14 Å². The Bertz CT molecular complexity index is 405. The molecule has 1 aromatic heterocycles. The van der Waals surface area contributed by atoms with E-state index in [0.717, 1.165) is 18.3 Å². The van der Waals surface area contributed by atoms with Gasteiger partial charge in [-0.05, 0) is 12.1 Å². The van der Waals surface area contributed by atoms with E-state index in [0.29, 0.717) is 0 Å². The lowest BCUT2D eigenvalue weighted by Gasteiger charge is -2.00. The Morgan fingerprint density at radius 2 is 2.08 bits per heavy atom. The predicted molar refractivity (Wildman–Crippen MR) is 40.6 cm³/mol. The van der Waals surface area contributed by atoms with E-state index in [1.54, 1.807) is 0 Å². The number of aromatic nitrogens is 1. The van der Waals surface area contributed by atoms with Gasteiger partial charge in [0.25, 0.3) is 16.4 Å². The van der Waals surface area contributed by atoms with Gasteiger partial charge in [-0.15, -0.1) is 0 Å². The van der Waals surface area contributed by atoms with Crippen molar-refractivity contribution in [3.8, 4) is 0 Å². The van der Waals surface area contributed by atoms with Crippen molar-refractivity contribution in [2.45, 2.75) is 11.5 Å². The molecule has 1 aromatic rings. The number of sulfonamides is 1. The van der Waals surface area contributed by atoms with Gasteiger partial charge in [0.2, 0.25) is 0 Å². The molecule has 0 unspecified atom stereocenters. The lowest BCUT2D eigenvalue weighted by molar-refractivity contribution is 0.151. The Balaban J connectivity index is 3.21. The first kappa shape index (κ1) is 10.0. The Morgan fingerprint density at radius 1 is 1.46 bits per heavy atom. The highest BCUT2D eigenvalue weighted by atomic mass is 32.2. The van der Waals surface area contributed by atoms with Crippen LogP contribution in [0.25, 0.3) is 0 Å². The van der Waals surface area contributed by atoms with Crippen molar-refractivity contribution in [1.82, 2.24) is 4.98 Å². The first-order valence-corrected chi connectivity index (χ1v) is 4.73. The number of hydrogen-bond donors (Lipinski definition) is 1. The van der Waals surface area contributed by atoms with E-state index < -0.39 is 27.0 Å². The highest BCUT2D eigenvalue weighted by molar-refractivity contribution is 7.89. The van der Waals surface area contributed by atoms with Gasteiger partial charge in [-0.3, -0.25) is 0 Å². The highest BCUT2D eigenvalue weighted by Crippen LogP contribution is 2.19. The summed E-state index contributed by atoms with van der Waals surface area (Å²) in [6.07, 6.45) is -1.76. The molecule has 7 heteroatoms. The minimum absolute atomic E-state index is 0.418. The maximum atomic E-state index is 12.1. The Hall–Kier alpha value is -1.08. The highest BCUT2D eigenvalue weighted by Gasteiger charge is 2.13. The largest absolute Gasteiger partial charge is 0.264 e.